The first-order chi connectivity index (χ1) is 19.1. The summed E-state index contributed by atoms with van der Waals surface area (Å²) in [5, 5.41) is 3.12. The van der Waals surface area contributed by atoms with Crippen molar-refractivity contribution in [3.63, 3.8) is 0 Å². The second-order valence-electron chi connectivity index (χ2n) is 11.0. The SMILES string of the molecule is C=CC1=C(/C=C(\C)C(C)C)OC(OC(=O)CCCCCC)(c2ccccc2C(C)=O)C1NC(=O)CCCCCC. The molecule has 6 nitrogen and oxygen atoms in total. The summed E-state index contributed by atoms with van der Waals surface area (Å²) in [6.07, 6.45) is 11.7. The van der Waals surface area contributed by atoms with Crippen LogP contribution in [0.4, 0.5) is 0 Å². The van der Waals surface area contributed by atoms with Crippen molar-refractivity contribution < 1.29 is 23.9 Å². The van der Waals surface area contributed by atoms with Crippen LogP contribution in [0.5, 0.6) is 0 Å². The summed E-state index contributed by atoms with van der Waals surface area (Å²) < 4.78 is 12.9. The Hall–Kier alpha value is -3.15. The summed E-state index contributed by atoms with van der Waals surface area (Å²) in [5.41, 5.74) is 2.45. The number of amides is 1. The standard InChI is InChI=1S/C34H49NO5/c1-8-11-13-15-21-31(37)35-33-27(10-3)30(23-25(6)24(4)5)39-34(33,40-32(38)22-16-14-12-9-2)29-20-18-17-19-28(29)26(7)36/h10,17-20,23-24,33H,3,8-9,11-16,21-22H2,1-2,4-7H3,(H,35,37)/b25-23+. The van der Waals surface area contributed by atoms with E-state index in [2.05, 4.69) is 39.6 Å². The zero-order valence-electron chi connectivity index (χ0n) is 25.4. The molecule has 0 aromatic heterocycles. The number of ketones is 1. The van der Waals surface area contributed by atoms with Crippen molar-refractivity contribution in [2.45, 2.75) is 118 Å². The lowest BCUT2D eigenvalue weighted by atomic mass is 9.88. The number of allylic oxidation sites excluding steroid dienone is 2. The van der Waals surface area contributed by atoms with E-state index >= 15 is 0 Å². The monoisotopic (exact) mass is 551 g/mol. The lowest BCUT2D eigenvalue weighted by Gasteiger charge is -2.36. The maximum atomic E-state index is 13.4. The number of nitrogens with one attached hydrogen (secondary N) is 1. The number of carbonyl (C=O) groups excluding carboxylic acids is 3. The Bertz CT molecular complexity index is 1100. The van der Waals surface area contributed by atoms with Crippen molar-refractivity contribution in [1.29, 1.82) is 0 Å². The van der Waals surface area contributed by atoms with Gasteiger partial charge in [0.15, 0.2) is 5.78 Å². The van der Waals surface area contributed by atoms with Crippen LogP contribution in [0.1, 0.15) is 122 Å². The first kappa shape index (κ1) is 33.1. The quantitative estimate of drug-likeness (QED) is 0.120. The average Bonchev–Trinajstić information content (AvgIpc) is 3.20. The molecule has 1 aliphatic rings. The molecule has 1 aromatic rings. The molecular formula is C34H49NO5. The van der Waals surface area contributed by atoms with Gasteiger partial charge in [-0.1, -0.05) is 109 Å². The molecule has 0 fully saturated rings. The number of hydrogen-bond acceptors (Lipinski definition) is 5. The van der Waals surface area contributed by atoms with Crippen LogP contribution in [0.15, 0.2) is 59.9 Å². The van der Waals surface area contributed by atoms with Crippen molar-refractivity contribution in [1.82, 2.24) is 5.32 Å². The van der Waals surface area contributed by atoms with Crippen molar-refractivity contribution in [2.24, 2.45) is 5.92 Å². The second kappa shape index (κ2) is 16.2. The van der Waals surface area contributed by atoms with E-state index in [-0.39, 0.29) is 24.0 Å². The summed E-state index contributed by atoms with van der Waals surface area (Å²) >= 11 is 0. The molecule has 0 saturated heterocycles. The number of Topliss-reactive ketones (excluding diaryl/α,β-unsaturated/α-hetero) is 1. The molecule has 1 aliphatic heterocycles. The zero-order valence-corrected chi connectivity index (χ0v) is 25.4. The molecule has 6 heteroatoms. The Balaban J connectivity index is 2.66. The van der Waals surface area contributed by atoms with Gasteiger partial charge in [0.25, 0.3) is 0 Å². The van der Waals surface area contributed by atoms with Crippen LogP contribution in [0, 0.1) is 5.92 Å². The summed E-state index contributed by atoms with van der Waals surface area (Å²) in [6.45, 7) is 15.9. The third-order valence-electron chi connectivity index (χ3n) is 7.47. The Morgan fingerprint density at radius 3 is 2.20 bits per heavy atom. The topological polar surface area (TPSA) is 81.7 Å². The van der Waals surface area contributed by atoms with E-state index in [0.29, 0.717) is 35.3 Å². The Morgan fingerprint density at radius 2 is 1.62 bits per heavy atom. The van der Waals surface area contributed by atoms with E-state index in [9.17, 15) is 14.4 Å². The largest absolute Gasteiger partial charge is 0.446 e. The van der Waals surface area contributed by atoms with Gasteiger partial charge in [-0.25, -0.2) is 0 Å². The molecule has 0 spiro atoms. The number of ether oxygens (including phenoxy) is 2. The lowest BCUT2D eigenvalue weighted by molar-refractivity contribution is -0.221. The molecule has 220 valence electrons. The predicted octanol–water partition coefficient (Wildman–Crippen LogP) is 8.08. The summed E-state index contributed by atoms with van der Waals surface area (Å²) in [6, 6.07) is 6.11. The van der Waals surface area contributed by atoms with E-state index in [1.54, 1.807) is 30.3 Å². The predicted molar refractivity (Wildman–Crippen MR) is 161 cm³/mol. The lowest BCUT2D eigenvalue weighted by Crippen LogP contribution is -2.52. The summed E-state index contributed by atoms with van der Waals surface area (Å²) in [7, 11) is 0. The van der Waals surface area contributed by atoms with E-state index < -0.39 is 17.8 Å². The minimum atomic E-state index is -1.75. The highest BCUT2D eigenvalue weighted by atomic mass is 16.7. The molecule has 2 atom stereocenters. The van der Waals surface area contributed by atoms with Gasteiger partial charge in [0.05, 0.1) is 0 Å². The number of rotatable bonds is 17. The average molecular weight is 552 g/mol. The van der Waals surface area contributed by atoms with Crippen LogP contribution >= 0.6 is 0 Å². The summed E-state index contributed by atoms with van der Waals surface area (Å²) in [4.78, 5) is 39.4. The van der Waals surface area contributed by atoms with Crippen molar-refractivity contribution >= 4 is 17.7 Å². The fourth-order valence-electron chi connectivity index (χ4n) is 4.81. The number of benzene rings is 1. The van der Waals surface area contributed by atoms with Gasteiger partial charge in [-0.05, 0) is 38.7 Å². The first-order valence-corrected chi connectivity index (χ1v) is 15.0. The number of hydrogen-bond donors (Lipinski definition) is 1. The van der Waals surface area contributed by atoms with Gasteiger partial charge < -0.3 is 14.8 Å². The maximum Gasteiger partial charge on any atom is 0.309 e. The molecule has 1 aromatic carbocycles. The summed E-state index contributed by atoms with van der Waals surface area (Å²) in [5.74, 6) is -1.84. The van der Waals surface area contributed by atoms with Gasteiger partial charge >= 0.3 is 11.8 Å². The van der Waals surface area contributed by atoms with Crippen LogP contribution < -0.4 is 5.32 Å². The van der Waals surface area contributed by atoms with Crippen LogP contribution in [0.3, 0.4) is 0 Å². The van der Waals surface area contributed by atoms with E-state index in [1.807, 2.05) is 13.0 Å². The number of esters is 1. The smallest absolute Gasteiger partial charge is 0.309 e. The molecule has 40 heavy (non-hydrogen) atoms. The molecule has 0 bridgehead atoms. The van der Waals surface area contributed by atoms with E-state index in [0.717, 1.165) is 50.5 Å². The fourth-order valence-corrected chi connectivity index (χ4v) is 4.81. The molecule has 1 amide bonds. The normalized spacial score (nSPS) is 19.0. The van der Waals surface area contributed by atoms with Gasteiger partial charge in [0, 0.05) is 29.5 Å². The van der Waals surface area contributed by atoms with Gasteiger partial charge in [0.1, 0.15) is 11.8 Å². The van der Waals surface area contributed by atoms with Gasteiger partial charge in [-0.3, -0.25) is 14.4 Å². The first-order valence-electron chi connectivity index (χ1n) is 15.0. The van der Waals surface area contributed by atoms with Crippen molar-refractivity contribution in [2.75, 3.05) is 0 Å². The third kappa shape index (κ3) is 8.67. The molecule has 2 unspecified atom stereocenters. The zero-order chi connectivity index (χ0) is 29.7. The highest BCUT2D eigenvalue weighted by molar-refractivity contribution is 5.96. The maximum absolute atomic E-state index is 13.4. The highest BCUT2D eigenvalue weighted by Crippen LogP contribution is 2.46. The number of carbonyl (C=O) groups is 3. The van der Waals surface area contributed by atoms with Crippen LogP contribution in [-0.4, -0.2) is 23.7 Å². The molecule has 0 radical (unpaired) electrons. The van der Waals surface area contributed by atoms with Crippen LogP contribution in [0.25, 0.3) is 0 Å². The van der Waals surface area contributed by atoms with Gasteiger partial charge in [0.2, 0.25) is 5.91 Å². The molecular weight excluding hydrogens is 502 g/mol. The number of unbranched alkanes of at least 4 members (excludes halogenated alkanes) is 6. The Kier molecular flexibility index (Phi) is 13.4. The van der Waals surface area contributed by atoms with Crippen LogP contribution in [0.2, 0.25) is 0 Å². The van der Waals surface area contributed by atoms with Crippen LogP contribution in [-0.2, 0) is 24.8 Å². The molecule has 2 rings (SSSR count). The Morgan fingerprint density at radius 1 is 1.00 bits per heavy atom. The highest BCUT2D eigenvalue weighted by Gasteiger charge is 2.55. The second-order valence-corrected chi connectivity index (χ2v) is 11.0. The molecule has 1 heterocycles. The van der Waals surface area contributed by atoms with Gasteiger partial charge in [-0.15, -0.1) is 0 Å². The third-order valence-corrected chi connectivity index (χ3v) is 7.47. The molecule has 0 saturated carbocycles. The fraction of sp³-hybridized carbons (Fsp3) is 0.559. The van der Waals surface area contributed by atoms with Crippen molar-refractivity contribution in [3.05, 3.63) is 71.0 Å². The minimum Gasteiger partial charge on any atom is -0.446 e. The van der Waals surface area contributed by atoms with E-state index in [1.165, 1.54) is 6.92 Å². The molecule has 1 N–H and O–H groups in total. The van der Waals surface area contributed by atoms with E-state index in [4.69, 9.17) is 9.47 Å². The van der Waals surface area contributed by atoms with Gasteiger partial charge in [-0.2, -0.15) is 0 Å². The Labute approximate surface area is 241 Å². The van der Waals surface area contributed by atoms with Crippen molar-refractivity contribution in [3.8, 4) is 0 Å². The molecule has 0 aliphatic carbocycles. The minimum absolute atomic E-state index is 0.168.